The molecule has 115 valence electrons. The van der Waals surface area contributed by atoms with Gasteiger partial charge in [0, 0.05) is 0 Å². The van der Waals surface area contributed by atoms with Crippen molar-refractivity contribution in [3.05, 3.63) is 46.4 Å². The number of nitroso groups, excluding NO2 is 1. The molecule has 0 spiro atoms. The monoisotopic (exact) mass is 337 g/mol. The van der Waals surface area contributed by atoms with Gasteiger partial charge in [0.2, 0.25) is 0 Å². The number of nitrogens with zero attached hydrogens (tertiary/aromatic N) is 1. The van der Waals surface area contributed by atoms with E-state index in [4.69, 9.17) is 20.1 Å². The first kappa shape index (κ1) is 31.0. The second kappa shape index (κ2) is 22.5. The molecule has 0 aromatic heterocycles. The van der Waals surface area contributed by atoms with Crippen molar-refractivity contribution in [2.45, 2.75) is 6.92 Å². The summed E-state index contributed by atoms with van der Waals surface area (Å²) in [6, 6.07) is 6.24. The summed E-state index contributed by atoms with van der Waals surface area (Å²) in [6.45, 7) is 9.72. The number of carbonyl (C=O) groups is 2. The summed E-state index contributed by atoms with van der Waals surface area (Å²) in [7, 11) is -6.00. The maximum absolute atomic E-state index is 9.75. The van der Waals surface area contributed by atoms with Crippen LogP contribution >= 0.6 is 0 Å². The fourth-order valence-electron chi connectivity index (χ4n) is 0.714. The van der Waals surface area contributed by atoms with Crippen molar-refractivity contribution in [3.8, 4) is 0 Å². The van der Waals surface area contributed by atoms with Gasteiger partial charge in [0.15, 0.2) is 0 Å². The summed E-state index contributed by atoms with van der Waals surface area (Å²) in [5, 5.41) is 0. The van der Waals surface area contributed by atoms with Gasteiger partial charge in [-0.15, -0.1) is 23.8 Å². The molecule has 0 aliphatic carbocycles. The van der Waals surface area contributed by atoms with Gasteiger partial charge in [-0.25, -0.2) is 0 Å². The van der Waals surface area contributed by atoms with Crippen LogP contribution in [0.25, 0.3) is 11.7 Å². The number of hydrogen-bond acceptors (Lipinski definition) is 3. The van der Waals surface area contributed by atoms with Crippen LogP contribution in [0.1, 0.15) is 11.1 Å². The maximum Gasteiger partial charge on any atom is 2.00 e. The largest absolute Gasteiger partial charge is 2.00 e. The zero-order valence-electron chi connectivity index (χ0n) is 10.6. The SMILES string of the molecule is C=C[c-]1ccc(C)c1.C=O.C=O.F[B-](F)(F)F.[Mn+2].[N-]=O. The molecule has 0 amide bonds. The first-order chi connectivity index (χ1) is 8.83. The van der Waals surface area contributed by atoms with Crippen LogP contribution in [0.15, 0.2) is 24.8 Å². The number of hydrogen-bond donors (Lipinski definition) is 0. The molecule has 0 N–H and O–H groups in total. The molecule has 10 heteroatoms. The van der Waals surface area contributed by atoms with E-state index in [0.717, 1.165) is 0 Å². The number of halogens is 4. The van der Waals surface area contributed by atoms with Gasteiger partial charge in [0.1, 0.15) is 13.6 Å². The van der Waals surface area contributed by atoms with Crippen LogP contribution in [-0.2, 0) is 26.7 Å². The van der Waals surface area contributed by atoms with Crippen molar-refractivity contribution < 1.29 is 43.9 Å². The maximum atomic E-state index is 9.75. The van der Waals surface area contributed by atoms with Crippen LogP contribution in [0.5, 0.6) is 0 Å². The van der Waals surface area contributed by atoms with Crippen molar-refractivity contribution in [1.82, 2.24) is 0 Å². The van der Waals surface area contributed by atoms with Gasteiger partial charge in [-0.2, -0.15) is 18.2 Å². The van der Waals surface area contributed by atoms with Crippen LogP contribution in [-0.4, -0.2) is 20.8 Å². The van der Waals surface area contributed by atoms with Gasteiger partial charge < -0.3 is 37.4 Å². The van der Waals surface area contributed by atoms with E-state index in [-0.39, 0.29) is 17.1 Å². The fraction of sp³-hybridized carbons (Fsp3) is 0.100. The smallest absolute Gasteiger partial charge is 0.577 e. The predicted molar refractivity (Wildman–Crippen MR) is 68.0 cm³/mol. The summed E-state index contributed by atoms with van der Waals surface area (Å²) in [5.41, 5.74) is 8.27. The Kier molecular flexibility index (Phi) is 34.9. The second-order valence-electron chi connectivity index (χ2n) is 2.42. The average molecular weight is 337 g/mol. The Morgan fingerprint density at radius 1 is 1.15 bits per heavy atom. The number of carbonyl (C=O) groups excluding carboxylic acids is 2. The van der Waals surface area contributed by atoms with E-state index in [1.165, 1.54) is 11.1 Å². The Hall–Kier alpha value is -1.67. The third kappa shape index (κ3) is 44.1. The van der Waals surface area contributed by atoms with E-state index in [2.05, 4.69) is 31.7 Å². The summed E-state index contributed by atoms with van der Waals surface area (Å²) in [5.74, 6) is 0. The molecule has 1 aromatic rings. The molecular weight excluding hydrogens is 324 g/mol. The summed E-state index contributed by atoms with van der Waals surface area (Å²) in [6.07, 6.45) is 1.85. The van der Waals surface area contributed by atoms with E-state index in [9.17, 15) is 17.3 Å². The first-order valence-electron chi connectivity index (χ1n) is 4.32. The molecule has 20 heavy (non-hydrogen) atoms. The second-order valence-corrected chi connectivity index (χ2v) is 2.42. The van der Waals surface area contributed by atoms with Crippen molar-refractivity contribution in [2.24, 2.45) is 0 Å². The molecule has 0 saturated heterocycles. The first-order valence-corrected chi connectivity index (χ1v) is 4.32. The van der Waals surface area contributed by atoms with Crippen LogP contribution in [0.3, 0.4) is 0 Å². The predicted octanol–water partition coefficient (Wildman–Crippen LogP) is 3.61. The molecule has 0 fully saturated rings. The Balaban J connectivity index is -0.0000000550. The topological polar surface area (TPSA) is 73.5 Å². The van der Waals surface area contributed by atoms with E-state index in [1.54, 1.807) is 0 Å². The van der Waals surface area contributed by atoms with Gasteiger partial charge in [0.05, 0.1) is 0 Å². The minimum atomic E-state index is -6.00. The zero-order valence-corrected chi connectivity index (χ0v) is 11.8. The molecule has 0 unspecified atom stereocenters. The standard InChI is InChI=1S/C8H9.2CH2O.BF4.Mn.NO/c1-3-8-5-4-7(2)6-8;2*1-2;2-1(3,4)5;;1-2/h3-6H,1H2,2H3;2*1H2;;;/q-1;;;-1;+2;-1. The molecule has 1 radical (unpaired) electrons. The summed E-state index contributed by atoms with van der Waals surface area (Å²) in [4.78, 5) is 23.2. The van der Waals surface area contributed by atoms with E-state index < -0.39 is 7.25 Å². The van der Waals surface area contributed by atoms with Crippen LogP contribution < -0.4 is 0 Å². The van der Waals surface area contributed by atoms with Crippen LogP contribution in [0, 0.1) is 11.8 Å². The molecule has 0 aliphatic heterocycles. The van der Waals surface area contributed by atoms with E-state index in [0.29, 0.717) is 0 Å². The van der Waals surface area contributed by atoms with Crippen molar-refractivity contribution in [1.29, 1.82) is 0 Å². The minimum absolute atomic E-state index is 0. The number of aryl methyl sites for hydroxylation is 1. The van der Waals surface area contributed by atoms with E-state index >= 15 is 0 Å². The molecular formula is C10H13BF4MnNO3-. The molecule has 4 nitrogen and oxygen atoms in total. The number of rotatable bonds is 1. The Bertz CT molecular complexity index is 313. The van der Waals surface area contributed by atoms with Gasteiger partial charge >= 0.3 is 24.3 Å². The van der Waals surface area contributed by atoms with Crippen molar-refractivity contribution in [3.63, 3.8) is 0 Å². The minimum Gasteiger partial charge on any atom is -0.577 e. The molecule has 1 aromatic carbocycles. The normalized spacial score (nSPS) is 7.25. The molecule has 0 bridgehead atoms. The summed E-state index contributed by atoms with van der Waals surface area (Å²) >= 11 is 0. The van der Waals surface area contributed by atoms with Crippen molar-refractivity contribution in [2.75, 3.05) is 0 Å². The van der Waals surface area contributed by atoms with Crippen molar-refractivity contribution >= 4 is 26.9 Å². The van der Waals surface area contributed by atoms with Gasteiger partial charge in [0.25, 0.3) is 0 Å². The molecule has 0 atom stereocenters. The molecule has 0 aliphatic rings. The zero-order chi connectivity index (χ0) is 16.5. The van der Waals surface area contributed by atoms with Gasteiger partial charge in [-0.1, -0.05) is 6.92 Å². The Labute approximate surface area is 125 Å². The quantitative estimate of drug-likeness (QED) is 0.446. The van der Waals surface area contributed by atoms with E-state index in [1.807, 2.05) is 19.7 Å². The van der Waals surface area contributed by atoms with Crippen LogP contribution in [0.2, 0.25) is 0 Å². The van der Waals surface area contributed by atoms with Gasteiger partial charge in [-0.3, -0.25) is 0 Å². The summed E-state index contributed by atoms with van der Waals surface area (Å²) < 4.78 is 39.0. The third-order valence-corrected chi connectivity index (χ3v) is 1.17. The molecule has 1 rings (SSSR count). The third-order valence-electron chi connectivity index (χ3n) is 1.17. The molecule has 0 saturated carbocycles. The Morgan fingerprint density at radius 3 is 1.55 bits per heavy atom. The fourth-order valence-corrected chi connectivity index (χ4v) is 0.714. The average Bonchev–Trinajstić information content (AvgIpc) is 2.81. The van der Waals surface area contributed by atoms with Crippen LogP contribution in [0.4, 0.5) is 17.3 Å². The van der Waals surface area contributed by atoms with Gasteiger partial charge in [-0.05, 0) is 0 Å². The molecule has 0 heterocycles. The Morgan fingerprint density at radius 2 is 1.45 bits per heavy atom.